The smallest absolute Gasteiger partial charge is 0.0360 e. The number of hydrogen-bond donors (Lipinski definition) is 1. The predicted octanol–water partition coefficient (Wildman–Crippen LogP) is 1.99. The first kappa shape index (κ1) is 10.4. The molecule has 2 aliphatic rings. The molecule has 0 aromatic carbocycles. The van der Waals surface area contributed by atoms with Crippen molar-refractivity contribution in [3.05, 3.63) is 0 Å². The quantitative estimate of drug-likeness (QED) is 0.745. The fourth-order valence-electron chi connectivity index (χ4n) is 3.40. The fourth-order valence-corrected chi connectivity index (χ4v) is 3.40. The lowest BCUT2D eigenvalue weighted by Gasteiger charge is -2.44. The summed E-state index contributed by atoms with van der Waals surface area (Å²) in [6.07, 6.45) is 6.89. The van der Waals surface area contributed by atoms with Gasteiger partial charge in [0.1, 0.15) is 0 Å². The summed E-state index contributed by atoms with van der Waals surface area (Å²) in [6, 6.07) is 0.865. The third kappa shape index (κ3) is 1.49. The number of hydrogen-bond acceptors (Lipinski definition) is 2. The highest BCUT2D eigenvalue weighted by atomic mass is 15.3. The molecule has 0 bridgehead atoms. The zero-order valence-corrected chi connectivity index (χ0v) is 9.63. The van der Waals surface area contributed by atoms with Crippen LogP contribution in [0.1, 0.15) is 46.0 Å². The van der Waals surface area contributed by atoms with Crippen LogP contribution in [0.15, 0.2) is 0 Å². The van der Waals surface area contributed by atoms with E-state index in [4.69, 9.17) is 5.73 Å². The fraction of sp³-hybridized carbons (Fsp3) is 1.00. The molecule has 2 atom stereocenters. The van der Waals surface area contributed by atoms with Crippen molar-refractivity contribution in [2.45, 2.75) is 57.5 Å². The molecular formula is C12H24N2. The van der Waals surface area contributed by atoms with Gasteiger partial charge in [-0.15, -0.1) is 0 Å². The molecule has 0 saturated heterocycles. The van der Waals surface area contributed by atoms with Crippen LogP contribution in [0.4, 0.5) is 0 Å². The van der Waals surface area contributed by atoms with Gasteiger partial charge in [0.05, 0.1) is 0 Å². The normalized spacial score (nSPS) is 38.1. The third-order valence-corrected chi connectivity index (χ3v) is 4.42. The lowest BCUT2D eigenvalue weighted by molar-refractivity contribution is 0.0609. The van der Waals surface area contributed by atoms with Crippen LogP contribution >= 0.6 is 0 Å². The van der Waals surface area contributed by atoms with Crippen molar-refractivity contribution in [1.82, 2.24) is 4.90 Å². The Bertz CT molecular complexity index is 200. The molecule has 82 valence electrons. The maximum absolute atomic E-state index is 6.06. The van der Waals surface area contributed by atoms with E-state index in [2.05, 4.69) is 18.7 Å². The van der Waals surface area contributed by atoms with Crippen LogP contribution in [0, 0.1) is 5.92 Å². The Balaban J connectivity index is 2.15. The summed E-state index contributed by atoms with van der Waals surface area (Å²) in [5.41, 5.74) is 6.42. The highest BCUT2D eigenvalue weighted by Gasteiger charge is 2.48. The van der Waals surface area contributed by atoms with Gasteiger partial charge in [0.25, 0.3) is 0 Å². The topological polar surface area (TPSA) is 29.3 Å². The van der Waals surface area contributed by atoms with E-state index in [-0.39, 0.29) is 0 Å². The molecule has 2 saturated carbocycles. The molecule has 0 aromatic heterocycles. The third-order valence-electron chi connectivity index (χ3n) is 4.42. The predicted molar refractivity (Wildman–Crippen MR) is 60.2 cm³/mol. The first-order valence-electron chi connectivity index (χ1n) is 6.21. The Hall–Kier alpha value is -0.0800. The molecule has 0 aromatic rings. The first-order valence-corrected chi connectivity index (χ1v) is 6.21. The van der Waals surface area contributed by atoms with Crippen molar-refractivity contribution < 1.29 is 0 Å². The van der Waals surface area contributed by atoms with E-state index < -0.39 is 0 Å². The molecule has 0 heterocycles. The second-order valence-electron chi connectivity index (χ2n) is 5.12. The summed E-state index contributed by atoms with van der Waals surface area (Å²) in [6.45, 7) is 6.73. The minimum Gasteiger partial charge on any atom is -0.329 e. The van der Waals surface area contributed by atoms with Gasteiger partial charge in [-0.2, -0.15) is 0 Å². The van der Waals surface area contributed by atoms with Gasteiger partial charge in [-0.25, -0.2) is 0 Å². The first-order chi connectivity index (χ1) is 6.74. The van der Waals surface area contributed by atoms with Crippen LogP contribution in [0.3, 0.4) is 0 Å². The molecule has 2 nitrogen and oxygen atoms in total. The summed E-state index contributed by atoms with van der Waals surface area (Å²) in [7, 11) is 0. The number of likely N-dealkylation sites (N-methyl/N-ethyl adjacent to an activating group) is 1. The summed E-state index contributed by atoms with van der Waals surface area (Å²) in [5, 5.41) is 0. The van der Waals surface area contributed by atoms with Crippen LogP contribution in [0.5, 0.6) is 0 Å². The van der Waals surface area contributed by atoms with Gasteiger partial charge < -0.3 is 5.73 Å². The molecule has 2 unspecified atom stereocenters. The van der Waals surface area contributed by atoms with Crippen LogP contribution in [-0.2, 0) is 0 Å². The van der Waals surface area contributed by atoms with Crippen molar-refractivity contribution in [3.63, 3.8) is 0 Å². The van der Waals surface area contributed by atoms with E-state index in [9.17, 15) is 0 Å². The Morgan fingerprint density at radius 3 is 2.43 bits per heavy atom. The zero-order valence-electron chi connectivity index (χ0n) is 9.63. The molecule has 2 N–H and O–H groups in total. The van der Waals surface area contributed by atoms with E-state index in [1.54, 1.807) is 0 Å². The Labute approximate surface area is 87.8 Å². The van der Waals surface area contributed by atoms with Crippen molar-refractivity contribution in [1.29, 1.82) is 0 Å². The Kier molecular flexibility index (Phi) is 2.85. The molecular weight excluding hydrogens is 172 g/mol. The van der Waals surface area contributed by atoms with Gasteiger partial charge in [0, 0.05) is 18.1 Å². The zero-order chi connectivity index (χ0) is 10.2. The highest BCUT2D eigenvalue weighted by molar-refractivity contribution is 5.04. The average Bonchev–Trinajstić information content (AvgIpc) is 2.94. The second-order valence-corrected chi connectivity index (χ2v) is 5.12. The average molecular weight is 196 g/mol. The van der Waals surface area contributed by atoms with Crippen LogP contribution in [0.2, 0.25) is 0 Å². The molecule has 0 spiro atoms. The molecule has 0 aliphatic heterocycles. The maximum atomic E-state index is 6.06. The van der Waals surface area contributed by atoms with E-state index in [1.165, 1.54) is 38.6 Å². The number of nitrogens with two attached hydrogens (primary N) is 1. The van der Waals surface area contributed by atoms with E-state index in [1.807, 2.05) is 0 Å². The Morgan fingerprint density at radius 1 is 1.36 bits per heavy atom. The van der Waals surface area contributed by atoms with Gasteiger partial charge in [0.15, 0.2) is 0 Å². The Morgan fingerprint density at radius 2 is 2.07 bits per heavy atom. The molecule has 0 amide bonds. The minimum atomic E-state index is 0.357. The van der Waals surface area contributed by atoms with Crippen molar-refractivity contribution in [2.75, 3.05) is 13.1 Å². The molecule has 2 heteroatoms. The molecule has 14 heavy (non-hydrogen) atoms. The molecule has 2 fully saturated rings. The molecule has 0 radical (unpaired) electrons. The standard InChI is InChI=1S/C12H24N2/c1-3-14(11-6-7-11)12(9-13)8-4-5-10(12)2/h10-11H,3-9,13H2,1-2H3. The lowest BCUT2D eigenvalue weighted by Crippen LogP contribution is -2.56. The largest absolute Gasteiger partial charge is 0.329 e. The van der Waals surface area contributed by atoms with Gasteiger partial charge in [-0.3, -0.25) is 4.90 Å². The van der Waals surface area contributed by atoms with Crippen molar-refractivity contribution in [2.24, 2.45) is 11.7 Å². The number of rotatable bonds is 4. The maximum Gasteiger partial charge on any atom is 0.0360 e. The minimum absolute atomic E-state index is 0.357. The summed E-state index contributed by atoms with van der Waals surface area (Å²) in [4.78, 5) is 2.71. The van der Waals surface area contributed by atoms with E-state index >= 15 is 0 Å². The van der Waals surface area contributed by atoms with E-state index in [0.29, 0.717) is 5.54 Å². The van der Waals surface area contributed by atoms with Crippen LogP contribution in [0.25, 0.3) is 0 Å². The van der Waals surface area contributed by atoms with Crippen molar-refractivity contribution >= 4 is 0 Å². The lowest BCUT2D eigenvalue weighted by atomic mass is 9.86. The highest BCUT2D eigenvalue weighted by Crippen LogP contribution is 2.44. The SMILES string of the molecule is CCN(C1CC1)C1(CN)CCCC1C. The van der Waals surface area contributed by atoms with Crippen LogP contribution in [-0.4, -0.2) is 29.6 Å². The summed E-state index contributed by atoms with van der Waals surface area (Å²) in [5.74, 6) is 0.799. The van der Waals surface area contributed by atoms with Crippen LogP contribution < -0.4 is 5.73 Å². The van der Waals surface area contributed by atoms with Gasteiger partial charge in [0.2, 0.25) is 0 Å². The van der Waals surface area contributed by atoms with Crippen molar-refractivity contribution in [3.8, 4) is 0 Å². The second kappa shape index (κ2) is 3.82. The molecule has 2 aliphatic carbocycles. The van der Waals surface area contributed by atoms with Gasteiger partial charge in [-0.1, -0.05) is 20.3 Å². The van der Waals surface area contributed by atoms with Gasteiger partial charge in [-0.05, 0) is 38.1 Å². The summed E-state index contributed by atoms with van der Waals surface area (Å²) >= 11 is 0. The van der Waals surface area contributed by atoms with Gasteiger partial charge >= 0.3 is 0 Å². The molecule has 2 rings (SSSR count). The summed E-state index contributed by atoms with van der Waals surface area (Å²) < 4.78 is 0. The monoisotopic (exact) mass is 196 g/mol. The van der Waals surface area contributed by atoms with E-state index in [0.717, 1.165) is 18.5 Å². The number of nitrogens with zero attached hydrogens (tertiary/aromatic N) is 1.